The third-order valence-corrected chi connectivity index (χ3v) is 7.80. The van der Waals surface area contributed by atoms with E-state index in [1.807, 2.05) is 12.1 Å². The van der Waals surface area contributed by atoms with Crippen molar-refractivity contribution in [3.8, 4) is 22.3 Å². The van der Waals surface area contributed by atoms with Crippen LogP contribution in [0.3, 0.4) is 0 Å². The van der Waals surface area contributed by atoms with Crippen LogP contribution >= 0.6 is 23.2 Å². The number of carbonyl (C=O) groups is 2. The lowest BCUT2D eigenvalue weighted by atomic mass is 10.1. The van der Waals surface area contributed by atoms with Crippen molar-refractivity contribution >= 4 is 56.2 Å². The van der Waals surface area contributed by atoms with Crippen LogP contribution in [0.1, 0.15) is 0 Å². The van der Waals surface area contributed by atoms with Crippen LogP contribution in [0.4, 0.5) is 11.4 Å². The molecule has 2 N–H and O–H groups in total. The van der Waals surface area contributed by atoms with Crippen LogP contribution in [0.25, 0.3) is 22.3 Å². The molecule has 4 rings (SSSR count). The molecule has 2 amide bonds. The van der Waals surface area contributed by atoms with E-state index in [2.05, 4.69) is 10.6 Å². The van der Waals surface area contributed by atoms with Gasteiger partial charge in [0.15, 0.2) is 0 Å². The van der Waals surface area contributed by atoms with Crippen molar-refractivity contribution in [2.75, 3.05) is 22.4 Å². The summed E-state index contributed by atoms with van der Waals surface area (Å²) < 4.78 is 26.5. The number of anilines is 2. The highest BCUT2D eigenvalue weighted by molar-refractivity contribution is 7.91. The molecule has 0 bridgehead atoms. The van der Waals surface area contributed by atoms with Gasteiger partial charge in [-0.3, -0.25) is 9.59 Å². The first kappa shape index (κ1) is 26.4. The Kier molecular flexibility index (Phi) is 8.28. The van der Waals surface area contributed by atoms with E-state index >= 15 is 0 Å². The van der Waals surface area contributed by atoms with Gasteiger partial charge in [0, 0.05) is 11.4 Å². The molecule has 0 saturated heterocycles. The highest BCUT2D eigenvalue weighted by atomic mass is 35.5. The second-order valence-electron chi connectivity index (χ2n) is 8.08. The fraction of sp³-hybridized carbons (Fsp3) is 0.0714. The lowest BCUT2D eigenvalue weighted by Crippen LogP contribution is -2.12. The number of benzene rings is 4. The van der Waals surface area contributed by atoms with Crippen molar-refractivity contribution < 1.29 is 18.0 Å². The van der Waals surface area contributed by atoms with Crippen LogP contribution < -0.4 is 10.6 Å². The summed E-state index contributed by atoms with van der Waals surface area (Å²) in [6, 6.07) is 27.6. The highest BCUT2D eigenvalue weighted by Crippen LogP contribution is 2.29. The van der Waals surface area contributed by atoms with E-state index in [9.17, 15) is 18.0 Å². The zero-order valence-electron chi connectivity index (χ0n) is 19.4. The summed E-state index contributed by atoms with van der Waals surface area (Å²) in [5.74, 6) is -0.900. The van der Waals surface area contributed by atoms with E-state index in [-0.39, 0.29) is 33.4 Å². The van der Waals surface area contributed by atoms with Crippen molar-refractivity contribution in [1.82, 2.24) is 0 Å². The van der Waals surface area contributed by atoms with E-state index in [1.54, 1.807) is 84.9 Å². The van der Waals surface area contributed by atoms with Crippen molar-refractivity contribution in [2.24, 2.45) is 0 Å². The fourth-order valence-corrected chi connectivity index (χ4v) is 5.13. The fourth-order valence-electron chi connectivity index (χ4n) is 3.73. The number of carbonyl (C=O) groups excluding carboxylic acids is 2. The molecule has 0 radical (unpaired) electrons. The normalized spacial score (nSPS) is 11.1. The Labute approximate surface area is 225 Å². The van der Waals surface area contributed by atoms with Gasteiger partial charge < -0.3 is 10.6 Å². The molecular weight excluding hydrogens is 531 g/mol. The topological polar surface area (TPSA) is 92.3 Å². The van der Waals surface area contributed by atoms with Gasteiger partial charge in [-0.2, -0.15) is 0 Å². The maximum atomic E-state index is 13.2. The summed E-state index contributed by atoms with van der Waals surface area (Å²) in [6.45, 7) is 0. The van der Waals surface area contributed by atoms with Crippen molar-refractivity contribution in [1.29, 1.82) is 0 Å². The van der Waals surface area contributed by atoms with Crippen LogP contribution in [0.15, 0.2) is 107 Å². The van der Waals surface area contributed by atoms with Gasteiger partial charge >= 0.3 is 0 Å². The van der Waals surface area contributed by atoms with Gasteiger partial charge in [-0.1, -0.05) is 48.5 Å². The number of rotatable bonds is 8. The van der Waals surface area contributed by atoms with E-state index in [4.69, 9.17) is 23.2 Å². The van der Waals surface area contributed by atoms with E-state index in [1.165, 1.54) is 0 Å². The zero-order valence-corrected chi connectivity index (χ0v) is 21.8. The average molecular weight is 553 g/mol. The largest absolute Gasteiger partial charge is 0.325 e. The van der Waals surface area contributed by atoms with Gasteiger partial charge in [0.1, 0.15) is 11.8 Å². The molecule has 0 spiro atoms. The van der Waals surface area contributed by atoms with Gasteiger partial charge in [-0.25, -0.2) is 8.42 Å². The van der Waals surface area contributed by atoms with Crippen LogP contribution in [0, 0.1) is 0 Å². The number of hydrogen-bond acceptors (Lipinski definition) is 4. The Morgan fingerprint density at radius 1 is 0.568 bits per heavy atom. The van der Waals surface area contributed by atoms with E-state index < -0.39 is 9.84 Å². The molecule has 0 aromatic heterocycles. The summed E-state index contributed by atoms with van der Waals surface area (Å²) in [4.78, 5) is 23.4. The number of nitrogens with one attached hydrogen (secondary N) is 2. The van der Waals surface area contributed by atoms with Gasteiger partial charge in [-0.05, 0) is 70.8 Å². The Morgan fingerprint density at radius 3 is 1.30 bits per heavy atom. The molecule has 9 heteroatoms. The lowest BCUT2D eigenvalue weighted by molar-refractivity contribution is -0.114. The molecule has 0 aliphatic heterocycles. The highest BCUT2D eigenvalue weighted by Gasteiger charge is 2.18. The SMILES string of the molecule is O=C(CCl)Nc1cccc(-c2ccc(S(=O)(=O)c3ccc(-c4cccc(NC(=O)CCl)c4)cc3)cc2)c1. The monoisotopic (exact) mass is 552 g/mol. The smallest absolute Gasteiger partial charge is 0.239 e. The first-order chi connectivity index (χ1) is 17.8. The minimum Gasteiger partial charge on any atom is -0.325 e. The molecule has 0 aliphatic carbocycles. The summed E-state index contributed by atoms with van der Waals surface area (Å²) >= 11 is 11.1. The molecule has 4 aromatic carbocycles. The van der Waals surface area contributed by atoms with Gasteiger partial charge in [0.25, 0.3) is 0 Å². The predicted octanol–water partition coefficient (Wildman–Crippen LogP) is 6.21. The number of alkyl halides is 2. The number of hydrogen-bond donors (Lipinski definition) is 2. The average Bonchev–Trinajstić information content (AvgIpc) is 2.93. The van der Waals surface area contributed by atoms with Crippen LogP contribution in [-0.2, 0) is 19.4 Å². The Hall–Kier alpha value is -3.65. The van der Waals surface area contributed by atoms with Crippen molar-refractivity contribution in [3.63, 3.8) is 0 Å². The second kappa shape index (κ2) is 11.6. The number of sulfone groups is 1. The summed E-state index contributed by atoms with van der Waals surface area (Å²) in [6.07, 6.45) is 0. The molecule has 188 valence electrons. The standard InChI is InChI=1S/C28H22Cl2N2O4S/c29-17-27(33)31-23-5-1-3-21(15-23)19-7-11-25(12-8-19)37(35,36)26-13-9-20(10-14-26)22-4-2-6-24(16-22)32-28(34)18-30/h1-16H,17-18H2,(H,31,33)(H,32,34). The molecular formula is C28H22Cl2N2O4S. The van der Waals surface area contributed by atoms with Gasteiger partial charge in [0.05, 0.1) is 9.79 Å². The first-order valence-electron chi connectivity index (χ1n) is 11.2. The first-order valence-corrected chi connectivity index (χ1v) is 13.7. The quantitative estimate of drug-likeness (QED) is 0.254. The van der Waals surface area contributed by atoms with Crippen LogP contribution in [0.2, 0.25) is 0 Å². The van der Waals surface area contributed by atoms with Gasteiger partial charge in [0.2, 0.25) is 21.7 Å². The summed E-state index contributed by atoms with van der Waals surface area (Å²) in [5, 5.41) is 5.40. The minimum absolute atomic E-state index is 0.142. The van der Waals surface area contributed by atoms with Crippen molar-refractivity contribution in [3.05, 3.63) is 97.1 Å². The van der Waals surface area contributed by atoms with E-state index in [0.717, 1.165) is 22.3 Å². The molecule has 37 heavy (non-hydrogen) atoms. The predicted molar refractivity (Wildman–Crippen MR) is 148 cm³/mol. The van der Waals surface area contributed by atoms with Crippen LogP contribution in [-0.4, -0.2) is 32.0 Å². The summed E-state index contributed by atoms with van der Waals surface area (Å²) in [5.41, 5.74) is 4.46. The number of halogens is 2. The van der Waals surface area contributed by atoms with Crippen LogP contribution in [0.5, 0.6) is 0 Å². The molecule has 0 heterocycles. The number of amides is 2. The minimum atomic E-state index is -3.74. The molecule has 4 aromatic rings. The van der Waals surface area contributed by atoms with Crippen molar-refractivity contribution in [2.45, 2.75) is 9.79 Å². The molecule has 0 atom stereocenters. The Morgan fingerprint density at radius 2 is 0.946 bits per heavy atom. The zero-order chi connectivity index (χ0) is 26.4. The third-order valence-electron chi connectivity index (χ3n) is 5.53. The Bertz CT molecular complexity index is 1430. The molecule has 0 fully saturated rings. The lowest BCUT2D eigenvalue weighted by Gasteiger charge is -2.10. The molecule has 0 unspecified atom stereocenters. The molecule has 6 nitrogen and oxygen atoms in total. The Balaban J connectivity index is 1.54. The van der Waals surface area contributed by atoms with Gasteiger partial charge in [-0.15, -0.1) is 23.2 Å². The maximum absolute atomic E-state index is 13.2. The second-order valence-corrected chi connectivity index (χ2v) is 10.6. The maximum Gasteiger partial charge on any atom is 0.239 e. The summed E-state index contributed by atoms with van der Waals surface area (Å²) in [7, 11) is -3.74. The molecule has 0 aliphatic rings. The molecule has 0 saturated carbocycles. The van der Waals surface area contributed by atoms with E-state index in [0.29, 0.717) is 11.4 Å². The third kappa shape index (κ3) is 6.38.